The van der Waals surface area contributed by atoms with E-state index in [2.05, 4.69) is 97.0 Å². The first-order chi connectivity index (χ1) is 14.6. The van der Waals surface area contributed by atoms with Crippen molar-refractivity contribution in [3.05, 3.63) is 79.7 Å². The maximum atomic E-state index is 2.69. The molecule has 0 fully saturated rings. The second kappa shape index (κ2) is 11.1. The first-order valence-electron chi connectivity index (χ1n) is 12.2. The molecule has 0 amide bonds. The van der Waals surface area contributed by atoms with Crippen molar-refractivity contribution in [2.45, 2.75) is 84.2 Å². The van der Waals surface area contributed by atoms with Crippen LogP contribution in [0.3, 0.4) is 0 Å². The molecule has 1 aromatic rings. The molecule has 0 heterocycles. The van der Waals surface area contributed by atoms with Crippen molar-refractivity contribution in [3.63, 3.8) is 0 Å². The van der Waals surface area contributed by atoms with Crippen molar-refractivity contribution < 1.29 is 46.1 Å². The van der Waals surface area contributed by atoms with Gasteiger partial charge in [0.05, 0.1) is 0 Å². The normalized spacial score (nSPS) is 20.8. The van der Waals surface area contributed by atoms with Crippen LogP contribution < -0.4 is 24.8 Å². The fourth-order valence-corrected chi connectivity index (χ4v) is 14.2. The fraction of sp³-hybridized carbons (Fsp3) is 0.500. The monoisotopic (exact) mass is 560 g/mol. The summed E-state index contributed by atoms with van der Waals surface area (Å²) in [5.74, 6) is 0. The third-order valence-corrected chi connectivity index (χ3v) is 15.5. The number of benzene rings is 1. The molecule has 0 saturated carbocycles. The molecule has 0 nitrogen and oxygen atoms in total. The second-order valence-electron chi connectivity index (χ2n) is 11.7. The van der Waals surface area contributed by atoms with Crippen LogP contribution in [0.25, 0.3) is 0 Å². The summed E-state index contributed by atoms with van der Waals surface area (Å²) < 4.78 is 4.28. The minimum atomic E-state index is -2.15. The van der Waals surface area contributed by atoms with Crippen LogP contribution in [-0.4, -0.2) is 3.21 Å². The summed E-state index contributed by atoms with van der Waals surface area (Å²) in [6.45, 7) is 16.9. The minimum Gasteiger partial charge on any atom is -1.00 e. The Bertz CT molecular complexity index is 1020. The SMILES string of the molecule is C/[C](c1ccccc1)=[Zr+2](/[C]1=CC(C(C)(C)C)=C(C(C)(C)C)C1)[CH]1C=CC2=C1CCCC2.[Cl-].[Cl-]. The van der Waals surface area contributed by atoms with Gasteiger partial charge in [-0.05, 0) is 0 Å². The van der Waals surface area contributed by atoms with Crippen molar-refractivity contribution in [2.75, 3.05) is 0 Å². The first-order valence-corrected chi connectivity index (χ1v) is 16.1. The van der Waals surface area contributed by atoms with Gasteiger partial charge in [-0.2, -0.15) is 0 Å². The minimum absolute atomic E-state index is 0. The van der Waals surface area contributed by atoms with Crippen molar-refractivity contribution >= 4 is 3.21 Å². The molecule has 0 spiro atoms. The van der Waals surface area contributed by atoms with Crippen LogP contribution in [0, 0.1) is 10.8 Å². The fourth-order valence-electron chi connectivity index (χ4n) is 5.72. The van der Waals surface area contributed by atoms with E-state index in [0.29, 0.717) is 0 Å². The molecule has 0 N–H and O–H groups in total. The van der Waals surface area contributed by atoms with Gasteiger partial charge in [-0.15, -0.1) is 0 Å². The van der Waals surface area contributed by atoms with E-state index < -0.39 is 21.3 Å². The van der Waals surface area contributed by atoms with Gasteiger partial charge in [-0.1, -0.05) is 0 Å². The molecule has 0 bridgehead atoms. The standard InChI is InChI=1S/C13H21.C9H11.C8H8.2ClH.Zr/c1-12(2,3)10-8-7-9-11(10)13(4,5)6;1-2-5-9-7-3-6-8(9)4-1;1-2-8-6-4-3-5-7-8;;;/h8H,9H2,1-6H3;3,6-7H,1-2,4-5H2;3-7H,1H3;2*1H;/q;;;;;+2/p-2. The average Bonchev–Trinajstić information content (AvgIpc) is 3.34. The molecule has 0 aliphatic heterocycles. The Kier molecular flexibility index (Phi) is 9.63. The molecule has 33 heavy (non-hydrogen) atoms. The maximum Gasteiger partial charge on any atom is -1.00 e. The maximum absolute atomic E-state index is 2.69. The molecule has 0 aromatic heterocycles. The Hall–Kier alpha value is -0.487. The second-order valence-corrected chi connectivity index (χ2v) is 18.7. The Morgan fingerprint density at radius 2 is 1.52 bits per heavy atom. The third-order valence-electron chi connectivity index (χ3n) is 7.41. The van der Waals surface area contributed by atoms with E-state index in [1.807, 2.05) is 8.85 Å². The molecular weight excluding hydrogens is 522 g/mol. The number of halogens is 2. The van der Waals surface area contributed by atoms with Gasteiger partial charge in [0.1, 0.15) is 0 Å². The van der Waals surface area contributed by atoms with E-state index >= 15 is 0 Å². The molecule has 3 aliphatic rings. The summed E-state index contributed by atoms with van der Waals surface area (Å²) in [6, 6.07) is 11.3. The Morgan fingerprint density at radius 1 is 0.879 bits per heavy atom. The smallest absolute Gasteiger partial charge is 1.00 e. The Labute approximate surface area is 222 Å². The van der Waals surface area contributed by atoms with Crippen molar-refractivity contribution in [1.29, 1.82) is 0 Å². The van der Waals surface area contributed by atoms with E-state index in [1.54, 1.807) is 19.9 Å². The first kappa shape index (κ1) is 28.7. The summed E-state index contributed by atoms with van der Waals surface area (Å²) in [6.07, 6.45) is 14.4. The van der Waals surface area contributed by atoms with Crippen LogP contribution >= 0.6 is 0 Å². The molecule has 1 atom stereocenters. The summed E-state index contributed by atoms with van der Waals surface area (Å²) in [5.41, 5.74) is 8.74. The molecule has 178 valence electrons. The number of rotatable bonds is 3. The predicted octanol–water partition coefficient (Wildman–Crippen LogP) is 2.76. The molecule has 0 radical (unpaired) electrons. The van der Waals surface area contributed by atoms with E-state index in [1.165, 1.54) is 37.7 Å². The van der Waals surface area contributed by atoms with Gasteiger partial charge in [0, 0.05) is 0 Å². The Morgan fingerprint density at radius 3 is 2.09 bits per heavy atom. The average molecular weight is 563 g/mol. The van der Waals surface area contributed by atoms with Crippen LogP contribution in [0.4, 0.5) is 0 Å². The van der Waals surface area contributed by atoms with Gasteiger partial charge in [-0.3, -0.25) is 0 Å². The van der Waals surface area contributed by atoms with E-state index in [0.717, 1.165) is 3.63 Å². The van der Waals surface area contributed by atoms with Gasteiger partial charge in [0.15, 0.2) is 0 Å². The molecule has 0 saturated heterocycles. The molecule has 3 aliphatic carbocycles. The summed E-state index contributed by atoms with van der Waals surface area (Å²) in [7, 11) is 0. The van der Waals surface area contributed by atoms with Crippen LogP contribution in [0.5, 0.6) is 0 Å². The zero-order valence-corrected chi connectivity index (χ0v) is 25.5. The van der Waals surface area contributed by atoms with Gasteiger partial charge < -0.3 is 24.8 Å². The Balaban J connectivity index is 0.00000193. The quantitative estimate of drug-likeness (QED) is 0.532. The summed E-state index contributed by atoms with van der Waals surface area (Å²) in [4.78, 5) is 0. The van der Waals surface area contributed by atoms with Crippen LogP contribution in [0.1, 0.15) is 86.1 Å². The van der Waals surface area contributed by atoms with Crippen molar-refractivity contribution in [1.82, 2.24) is 0 Å². The van der Waals surface area contributed by atoms with Crippen molar-refractivity contribution in [3.8, 4) is 0 Å². The summed E-state index contributed by atoms with van der Waals surface area (Å²) >= 11 is -2.15. The van der Waals surface area contributed by atoms with Crippen molar-refractivity contribution in [2.24, 2.45) is 10.8 Å². The number of hydrogen-bond donors (Lipinski definition) is 0. The van der Waals surface area contributed by atoms with E-state index in [4.69, 9.17) is 0 Å². The molecule has 1 unspecified atom stereocenters. The number of hydrogen-bond acceptors (Lipinski definition) is 0. The van der Waals surface area contributed by atoms with Gasteiger partial charge in [-0.25, -0.2) is 0 Å². The van der Waals surface area contributed by atoms with Crippen LogP contribution in [-0.2, 0) is 21.3 Å². The summed E-state index contributed by atoms with van der Waals surface area (Å²) in [5, 5.41) is 0. The van der Waals surface area contributed by atoms with Gasteiger partial charge in [0.25, 0.3) is 0 Å². The van der Waals surface area contributed by atoms with E-state index in [9.17, 15) is 0 Å². The topological polar surface area (TPSA) is 0 Å². The van der Waals surface area contributed by atoms with Gasteiger partial charge >= 0.3 is 199 Å². The number of allylic oxidation sites excluding steroid dienone is 8. The van der Waals surface area contributed by atoms with Gasteiger partial charge in [0.2, 0.25) is 0 Å². The third kappa shape index (κ3) is 6.02. The van der Waals surface area contributed by atoms with E-state index in [-0.39, 0.29) is 35.6 Å². The molecule has 4 rings (SSSR count). The largest absolute Gasteiger partial charge is 1.00 e. The predicted molar refractivity (Wildman–Crippen MR) is 133 cm³/mol. The molecular formula is C30H40Cl2Zr. The molecule has 1 aromatic carbocycles. The zero-order valence-electron chi connectivity index (χ0n) is 21.5. The molecule has 3 heteroatoms. The van der Waals surface area contributed by atoms with Crippen LogP contribution in [0.15, 0.2) is 74.1 Å². The zero-order chi connectivity index (χ0) is 22.4. The van der Waals surface area contributed by atoms with Crippen LogP contribution in [0.2, 0.25) is 3.63 Å².